The molecular weight excluding hydrogens is 476 g/mol. The lowest BCUT2D eigenvalue weighted by atomic mass is 9.81. The maximum atomic E-state index is 12.5. The van der Waals surface area contributed by atoms with Crippen LogP contribution in [-0.2, 0) is 22.7 Å². The molecule has 0 aliphatic rings. The number of rotatable bonds is 13. The maximum absolute atomic E-state index is 12.5. The van der Waals surface area contributed by atoms with Gasteiger partial charge in [-0.1, -0.05) is 34.6 Å². The van der Waals surface area contributed by atoms with E-state index < -0.39 is 0 Å². The summed E-state index contributed by atoms with van der Waals surface area (Å²) >= 11 is 0. The van der Waals surface area contributed by atoms with E-state index in [0.717, 1.165) is 19.3 Å². The number of aromatic hydroxyl groups is 4. The van der Waals surface area contributed by atoms with E-state index in [2.05, 4.69) is 6.92 Å². The Morgan fingerprint density at radius 3 is 1.70 bits per heavy atom. The van der Waals surface area contributed by atoms with Crippen molar-refractivity contribution >= 4 is 23.2 Å². The van der Waals surface area contributed by atoms with Gasteiger partial charge >= 0.3 is 0 Å². The van der Waals surface area contributed by atoms with Gasteiger partial charge in [-0.05, 0) is 37.0 Å². The van der Waals surface area contributed by atoms with Gasteiger partial charge in [0.1, 0.15) is 11.4 Å². The van der Waals surface area contributed by atoms with Crippen molar-refractivity contribution in [2.45, 2.75) is 87.2 Å². The summed E-state index contributed by atoms with van der Waals surface area (Å²) in [5.41, 5.74) is 0.236. The third-order valence-corrected chi connectivity index (χ3v) is 6.62. The van der Waals surface area contributed by atoms with E-state index in [1.165, 1.54) is 44.9 Å². The Hall–Kier alpha value is -3.30. The summed E-state index contributed by atoms with van der Waals surface area (Å²) in [5, 5.41) is 41.7. The van der Waals surface area contributed by atoms with Crippen LogP contribution in [0.2, 0.25) is 0 Å². The molecule has 2 aromatic heterocycles. The number of amides is 2. The lowest BCUT2D eigenvalue weighted by Gasteiger charge is -2.34. The molecular formula is C27H44N4O6. The van der Waals surface area contributed by atoms with Gasteiger partial charge in [0.15, 0.2) is 11.8 Å². The van der Waals surface area contributed by atoms with Crippen molar-refractivity contribution in [2.24, 2.45) is 11.3 Å². The number of nitrogens with zero attached hydrogens (tertiary/aromatic N) is 4. The van der Waals surface area contributed by atoms with Gasteiger partial charge in [-0.2, -0.15) is 0 Å². The summed E-state index contributed by atoms with van der Waals surface area (Å²) in [6, 6.07) is 2.83. The molecule has 2 heterocycles. The predicted molar refractivity (Wildman–Crippen MR) is 144 cm³/mol. The quantitative estimate of drug-likeness (QED) is 0.301. The molecule has 0 aliphatic heterocycles. The standard InChI is InChI=1S/C27H44N4O6/c1-8-11-29-23(34)14-21(25(29)36)28(19(4)32)13-10-18(3)16-27(6,7)17-31(20(5)33)22-15-24(35)30(12-9-2)26(22)37/h14-15,18,34-37H,8-13,16-17H2,1-7H3. The Bertz CT molecular complexity index is 1090. The molecule has 2 aromatic rings. The second kappa shape index (κ2) is 12.3. The highest BCUT2D eigenvalue weighted by Gasteiger charge is 2.30. The van der Waals surface area contributed by atoms with Crippen LogP contribution in [0.3, 0.4) is 0 Å². The predicted octanol–water partition coefficient (Wildman–Crippen LogP) is 4.78. The van der Waals surface area contributed by atoms with Gasteiger partial charge in [0, 0.05) is 52.2 Å². The number of aromatic nitrogens is 2. The zero-order chi connectivity index (χ0) is 28.1. The molecule has 10 heteroatoms. The minimum atomic E-state index is -0.341. The fourth-order valence-corrected chi connectivity index (χ4v) is 5.01. The van der Waals surface area contributed by atoms with Gasteiger partial charge in [-0.15, -0.1) is 0 Å². The van der Waals surface area contributed by atoms with Gasteiger partial charge in [-0.25, -0.2) is 0 Å². The van der Waals surface area contributed by atoms with Gasteiger partial charge in [-0.3, -0.25) is 18.7 Å². The first-order chi connectivity index (χ1) is 17.2. The van der Waals surface area contributed by atoms with Gasteiger partial charge in [0.05, 0.1) is 0 Å². The zero-order valence-corrected chi connectivity index (χ0v) is 23.3. The normalized spacial score (nSPS) is 12.5. The van der Waals surface area contributed by atoms with Crippen LogP contribution in [0.1, 0.15) is 74.1 Å². The van der Waals surface area contributed by atoms with Crippen molar-refractivity contribution in [1.29, 1.82) is 0 Å². The van der Waals surface area contributed by atoms with Crippen LogP contribution in [0, 0.1) is 11.3 Å². The summed E-state index contributed by atoms with van der Waals surface area (Å²) < 4.78 is 2.77. The smallest absolute Gasteiger partial charge is 0.224 e. The van der Waals surface area contributed by atoms with Crippen LogP contribution in [0.15, 0.2) is 12.1 Å². The second-order valence-electron chi connectivity index (χ2n) is 10.8. The molecule has 4 N–H and O–H groups in total. The molecule has 0 spiro atoms. The van der Waals surface area contributed by atoms with Crippen LogP contribution in [0.25, 0.3) is 0 Å². The Morgan fingerprint density at radius 2 is 1.30 bits per heavy atom. The maximum Gasteiger partial charge on any atom is 0.224 e. The summed E-state index contributed by atoms with van der Waals surface area (Å²) in [7, 11) is 0. The molecule has 0 bridgehead atoms. The first-order valence-electron chi connectivity index (χ1n) is 13.0. The largest absolute Gasteiger partial charge is 0.494 e. The molecule has 0 radical (unpaired) electrons. The van der Waals surface area contributed by atoms with Crippen molar-refractivity contribution < 1.29 is 30.0 Å². The number of anilines is 2. The molecule has 0 saturated carbocycles. The molecule has 1 unspecified atom stereocenters. The van der Waals surface area contributed by atoms with Crippen LogP contribution < -0.4 is 9.80 Å². The molecule has 0 aliphatic carbocycles. The zero-order valence-electron chi connectivity index (χ0n) is 23.3. The Labute approximate surface area is 219 Å². The second-order valence-corrected chi connectivity index (χ2v) is 10.8. The monoisotopic (exact) mass is 520 g/mol. The van der Waals surface area contributed by atoms with Crippen molar-refractivity contribution in [3.63, 3.8) is 0 Å². The fraction of sp³-hybridized carbons (Fsp3) is 0.630. The summed E-state index contributed by atoms with van der Waals surface area (Å²) in [6.07, 6.45) is 2.80. The third-order valence-electron chi connectivity index (χ3n) is 6.62. The highest BCUT2D eigenvalue weighted by molar-refractivity contribution is 5.94. The highest BCUT2D eigenvalue weighted by atomic mass is 16.3. The van der Waals surface area contributed by atoms with E-state index in [1.54, 1.807) is 0 Å². The molecule has 0 aromatic carbocycles. The molecule has 1 atom stereocenters. The lowest BCUT2D eigenvalue weighted by Crippen LogP contribution is -2.38. The molecule has 208 valence electrons. The molecule has 2 amide bonds. The van der Waals surface area contributed by atoms with Gasteiger partial charge in [0.25, 0.3) is 0 Å². The van der Waals surface area contributed by atoms with E-state index >= 15 is 0 Å². The van der Waals surface area contributed by atoms with Crippen molar-refractivity contribution in [3.05, 3.63) is 12.1 Å². The van der Waals surface area contributed by atoms with Crippen LogP contribution >= 0.6 is 0 Å². The number of carbonyl (C=O) groups excluding carboxylic acids is 2. The van der Waals surface area contributed by atoms with Crippen molar-refractivity contribution in [2.75, 3.05) is 22.9 Å². The van der Waals surface area contributed by atoms with E-state index in [4.69, 9.17) is 0 Å². The number of hydrogen-bond donors (Lipinski definition) is 4. The Kier molecular flexibility index (Phi) is 9.94. The first-order valence-corrected chi connectivity index (χ1v) is 13.0. The highest BCUT2D eigenvalue weighted by Crippen LogP contribution is 2.39. The number of hydrogen-bond acceptors (Lipinski definition) is 6. The lowest BCUT2D eigenvalue weighted by molar-refractivity contribution is -0.117. The van der Waals surface area contributed by atoms with E-state index in [0.29, 0.717) is 38.3 Å². The average Bonchev–Trinajstić information content (AvgIpc) is 3.22. The van der Waals surface area contributed by atoms with Crippen molar-refractivity contribution in [3.8, 4) is 23.5 Å². The average molecular weight is 521 g/mol. The molecule has 10 nitrogen and oxygen atoms in total. The fourth-order valence-electron chi connectivity index (χ4n) is 5.01. The minimum absolute atomic E-state index is 0.0823. The van der Waals surface area contributed by atoms with Gasteiger partial charge in [0.2, 0.25) is 23.6 Å². The van der Waals surface area contributed by atoms with E-state index in [9.17, 15) is 30.0 Å². The molecule has 0 fully saturated rings. The van der Waals surface area contributed by atoms with E-state index in [1.807, 2.05) is 27.7 Å². The van der Waals surface area contributed by atoms with Crippen LogP contribution in [-0.4, -0.2) is 54.5 Å². The topological polar surface area (TPSA) is 131 Å². The summed E-state index contributed by atoms with van der Waals surface area (Å²) in [4.78, 5) is 27.9. The molecule has 2 rings (SSSR count). The number of carbonyl (C=O) groups is 2. The summed E-state index contributed by atoms with van der Waals surface area (Å²) in [5.74, 6) is -0.735. The van der Waals surface area contributed by atoms with Crippen LogP contribution in [0.5, 0.6) is 23.5 Å². The summed E-state index contributed by atoms with van der Waals surface area (Å²) in [6.45, 7) is 14.5. The minimum Gasteiger partial charge on any atom is -0.494 e. The molecule has 0 saturated heterocycles. The van der Waals surface area contributed by atoms with Crippen molar-refractivity contribution in [1.82, 2.24) is 9.13 Å². The Morgan fingerprint density at radius 1 is 0.865 bits per heavy atom. The van der Waals surface area contributed by atoms with Crippen LogP contribution in [0.4, 0.5) is 11.4 Å². The Balaban J connectivity index is 2.13. The SMILES string of the molecule is CCCn1c(O)cc(N(CCC(C)CC(C)(C)CN(C(C)=O)c2cc(O)n(CCC)c2O)C(C)=O)c1O. The van der Waals surface area contributed by atoms with E-state index in [-0.39, 0.29) is 52.4 Å². The first kappa shape index (κ1) is 29.9. The van der Waals surface area contributed by atoms with Gasteiger partial charge < -0.3 is 30.2 Å². The third kappa shape index (κ3) is 7.14. The molecule has 37 heavy (non-hydrogen) atoms.